The molecule has 0 aliphatic rings. The molecule has 0 saturated carbocycles. The number of rotatable bonds is 6. The third kappa shape index (κ3) is 4.30. The average Bonchev–Trinajstić information content (AvgIpc) is 2.91. The number of halogens is 1. The van der Waals surface area contributed by atoms with Crippen molar-refractivity contribution in [2.45, 2.75) is 30.7 Å². The Morgan fingerprint density at radius 3 is 2.71 bits per heavy atom. The van der Waals surface area contributed by atoms with Gasteiger partial charge in [-0.05, 0) is 43.7 Å². The molecule has 0 bridgehead atoms. The van der Waals surface area contributed by atoms with Crippen LogP contribution in [0, 0.1) is 5.82 Å². The highest BCUT2D eigenvalue weighted by Gasteiger charge is 2.13. The smallest absolute Gasteiger partial charge is 0.238 e. The summed E-state index contributed by atoms with van der Waals surface area (Å²) in [7, 11) is -3.89. The Kier molecular flexibility index (Phi) is 4.64. The second-order valence-electron chi connectivity index (χ2n) is 4.85. The quantitative estimate of drug-likeness (QED) is 0.858. The third-order valence-corrected chi connectivity index (χ3v) is 3.99. The molecule has 2 aromatic rings. The number of hydrogen-bond donors (Lipinski definition) is 2. The number of benzene rings is 1. The molecule has 1 aromatic heterocycles. The second-order valence-corrected chi connectivity index (χ2v) is 6.41. The van der Waals surface area contributed by atoms with Crippen LogP contribution >= 0.6 is 0 Å². The van der Waals surface area contributed by atoms with Gasteiger partial charge in [0, 0.05) is 12.5 Å². The van der Waals surface area contributed by atoms with E-state index in [0.717, 1.165) is 24.7 Å². The van der Waals surface area contributed by atoms with E-state index in [9.17, 15) is 12.8 Å². The van der Waals surface area contributed by atoms with Crippen LogP contribution in [0.25, 0.3) is 0 Å². The Hall–Kier alpha value is -1.86. The van der Waals surface area contributed by atoms with Gasteiger partial charge in [0.1, 0.15) is 11.6 Å². The first-order valence-electron chi connectivity index (χ1n) is 6.47. The molecular weight excluding hydrogens is 295 g/mol. The minimum Gasteiger partial charge on any atom is -0.469 e. The topological polar surface area (TPSA) is 85.3 Å². The van der Waals surface area contributed by atoms with Crippen LogP contribution in [-0.2, 0) is 16.4 Å². The highest BCUT2D eigenvalue weighted by Crippen LogP contribution is 2.20. The van der Waals surface area contributed by atoms with E-state index in [0.29, 0.717) is 0 Å². The normalized spacial score (nSPS) is 13.1. The average molecular weight is 312 g/mol. The van der Waals surface area contributed by atoms with Gasteiger partial charge >= 0.3 is 0 Å². The first-order valence-corrected chi connectivity index (χ1v) is 8.02. The molecule has 7 heteroatoms. The highest BCUT2D eigenvalue weighted by molar-refractivity contribution is 7.89. The molecule has 0 spiro atoms. The number of sulfonamides is 1. The van der Waals surface area contributed by atoms with Gasteiger partial charge in [0.05, 0.1) is 16.8 Å². The van der Waals surface area contributed by atoms with Crippen molar-refractivity contribution < 1.29 is 17.2 Å². The Morgan fingerprint density at radius 1 is 1.38 bits per heavy atom. The molecule has 0 amide bonds. The Labute approximate surface area is 123 Å². The highest BCUT2D eigenvalue weighted by atomic mass is 32.2. The molecule has 1 atom stereocenters. The van der Waals surface area contributed by atoms with E-state index in [1.165, 1.54) is 12.1 Å². The summed E-state index contributed by atoms with van der Waals surface area (Å²) < 4.78 is 41.3. The van der Waals surface area contributed by atoms with Crippen LogP contribution in [0.15, 0.2) is 45.9 Å². The first-order chi connectivity index (χ1) is 9.86. The van der Waals surface area contributed by atoms with E-state index in [1.807, 2.05) is 19.1 Å². The van der Waals surface area contributed by atoms with Crippen LogP contribution in [0.1, 0.15) is 19.1 Å². The van der Waals surface area contributed by atoms with Gasteiger partial charge in [-0.2, -0.15) is 0 Å². The predicted octanol–water partition coefficient (Wildman–Crippen LogP) is 2.50. The summed E-state index contributed by atoms with van der Waals surface area (Å²) in [6.07, 6.45) is 3.10. The lowest BCUT2D eigenvalue weighted by atomic mass is 10.1. The summed E-state index contributed by atoms with van der Waals surface area (Å²) in [6.45, 7) is 1.91. The van der Waals surface area contributed by atoms with E-state index in [4.69, 9.17) is 9.56 Å². The fraction of sp³-hybridized carbons (Fsp3) is 0.286. The minimum atomic E-state index is -3.89. The minimum absolute atomic E-state index is 0.00457. The van der Waals surface area contributed by atoms with Crippen LogP contribution in [0.4, 0.5) is 10.1 Å². The zero-order valence-corrected chi connectivity index (χ0v) is 12.4. The summed E-state index contributed by atoms with van der Waals surface area (Å²) >= 11 is 0. The van der Waals surface area contributed by atoms with Gasteiger partial charge < -0.3 is 9.73 Å². The van der Waals surface area contributed by atoms with Crippen LogP contribution in [0.2, 0.25) is 0 Å². The summed E-state index contributed by atoms with van der Waals surface area (Å²) in [5.74, 6) is 0.222. The van der Waals surface area contributed by atoms with Crippen molar-refractivity contribution in [2.75, 3.05) is 5.32 Å². The van der Waals surface area contributed by atoms with Crippen molar-refractivity contribution in [3.8, 4) is 0 Å². The van der Waals surface area contributed by atoms with Gasteiger partial charge in [0.25, 0.3) is 0 Å². The van der Waals surface area contributed by atoms with Crippen molar-refractivity contribution in [3.05, 3.63) is 48.2 Å². The maximum atomic E-state index is 13.9. The van der Waals surface area contributed by atoms with Crippen molar-refractivity contribution >= 4 is 15.7 Å². The number of nitrogens with two attached hydrogens (primary N) is 1. The van der Waals surface area contributed by atoms with E-state index < -0.39 is 15.8 Å². The van der Waals surface area contributed by atoms with Crippen LogP contribution in [0.3, 0.4) is 0 Å². The molecular formula is C14H17FN2O3S. The number of nitrogens with one attached hydrogen (secondary N) is 1. The number of furan rings is 1. The van der Waals surface area contributed by atoms with Gasteiger partial charge in [-0.25, -0.2) is 17.9 Å². The lowest BCUT2D eigenvalue weighted by Gasteiger charge is -2.15. The van der Waals surface area contributed by atoms with Gasteiger partial charge in [-0.15, -0.1) is 0 Å². The first kappa shape index (κ1) is 15.5. The predicted molar refractivity (Wildman–Crippen MR) is 77.9 cm³/mol. The van der Waals surface area contributed by atoms with Crippen molar-refractivity contribution in [3.63, 3.8) is 0 Å². The summed E-state index contributed by atoms with van der Waals surface area (Å²) in [5.41, 5.74) is 0.245. The Morgan fingerprint density at radius 2 is 2.14 bits per heavy atom. The second kappa shape index (κ2) is 6.28. The Balaban J connectivity index is 1.99. The van der Waals surface area contributed by atoms with Gasteiger partial charge in [-0.1, -0.05) is 0 Å². The maximum Gasteiger partial charge on any atom is 0.238 e. The van der Waals surface area contributed by atoms with Crippen LogP contribution < -0.4 is 10.5 Å². The van der Waals surface area contributed by atoms with E-state index in [2.05, 4.69) is 5.32 Å². The molecule has 5 nitrogen and oxygen atoms in total. The maximum absolute atomic E-state index is 13.9. The molecule has 0 aliphatic heterocycles. The van der Waals surface area contributed by atoms with E-state index in [1.54, 1.807) is 6.26 Å². The van der Waals surface area contributed by atoms with E-state index >= 15 is 0 Å². The fourth-order valence-corrected chi connectivity index (χ4v) is 2.47. The van der Waals surface area contributed by atoms with Crippen LogP contribution in [0.5, 0.6) is 0 Å². The number of hydrogen-bond acceptors (Lipinski definition) is 4. The molecule has 2 rings (SSSR count). The fourth-order valence-electron chi connectivity index (χ4n) is 1.94. The molecule has 114 valence electrons. The SMILES string of the molecule is CC(CCc1ccco1)Nc1ccc(S(N)(=O)=O)cc1F. The van der Waals surface area contributed by atoms with Gasteiger partial charge in [0.15, 0.2) is 0 Å². The summed E-state index contributed by atoms with van der Waals surface area (Å²) in [6, 6.07) is 7.27. The lowest BCUT2D eigenvalue weighted by Crippen LogP contribution is -2.17. The third-order valence-electron chi connectivity index (χ3n) is 3.07. The molecule has 0 aliphatic carbocycles. The molecule has 21 heavy (non-hydrogen) atoms. The molecule has 1 aromatic carbocycles. The van der Waals surface area contributed by atoms with Crippen molar-refractivity contribution in [1.29, 1.82) is 0 Å². The molecule has 1 unspecified atom stereocenters. The number of aryl methyl sites for hydroxylation is 1. The molecule has 0 saturated heterocycles. The van der Waals surface area contributed by atoms with Crippen LogP contribution in [-0.4, -0.2) is 14.5 Å². The Bertz CT molecular complexity index is 699. The standard InChI is InChI=1S/C14H17FN2O3S/c1-10(4-5-11-3-2-8-20-11)17-14-7-6-12(9-13(14)15)21(16,18)19/h2-3,6-10,17H,4-5H2,1H3,(H2,16,18,19). The van der Waals surface area contributed by atoms with Crippen molar-refractivity contribution in [1.82, 2.24) is 0 Å². The lowest BCUT2D eigenvalue weighted by molar-refractivity contribution is 0.494. The summed E-state index contributed by atoms with van der Waals surface area (Å²) in [5, 5.41) is 7.95. The molecule has 0 radical (unpaired) electrons. The van der Waals surface area contributed by atoms with E-state index in [-0.39, 0.29) is 16.6 Å². The van der Waals surface area contributed by atoms with Crippen molar-refractivity contribution in [2.24, 2.45) is 5.14 Å². The van der Waals surface area contributed by atoms with Gasteiger partial charge in [0.2, 0.25) is 10.0 Å². The largest absolute Gasteiger partial charge is 0.469 e. The van der Waals surface area contributed by atoms with Gasteiger partial charge in [-0.3, -0.25) is 0 Å². The molecule has 1 heterocycles. The molecule has 0 fully saturated rings. The zero-order valence-electron chi connectivity index (χ0n) is 11.5. The number of primary sulfonamides is 1. The molecule has 3 N–H and O–H groups in total. The summed E-state index contributed by atoms with van der Waals surface area (Å²) in [4.78, 5) is -0.242. The monoisotopic (exact) mass is 312 g/mol. The number of anilines is 1. The zero-order chi connectivity index (χ0) is 15.5.